The number of amides is 2. The van der Waals surface area contributed by atoms with Crippen molar-refractivity contribution < 1.29 is 9.59 Å². The molecule has 2 N–H and O–H groups in total. The predicted molar refractivity (Wildman–Crippen MR) is 78.8 cm³/mol. The first kappa shape index (κ1) is 15.9. The largest absolute Gasteiger partial charge is 0.275 e. The zero-order valence-corrected chi connectivity index (χ0v) is 12.6. The minimum absolute atomic E-state index is 0.112. The standard InChI is InChI=1S/C14H14N2O2.C2H6/c1-14(2,3)7-6-9-4-5-10-11(8-9)13(18)16(15)12(10)17;1-2/h4-5,8H,15H2,1-3H3;1-2H3. The van der Waals surface area contributed by atoms with E-state index >= 15 is 0 Å². The Balaban J connectivity index is 0.000000956. The fourth-order valence-corrected chi connectivity index (χ4v) is 1.60. The zero-order chi connectivity index (χ0) is 15.5. The molecule has 0 bridgehead atoms. The number of hydrogen-bond acceptors (Lipinski definition) is 3. The van der Waals surface area contributed by atoms with Crippen molar-refractivity contribution in [1.82, 2.24) is 5.01 Å². The molecule has 0 saturated carbocycles. The van der Waals surface area contributed by atoms with Gasteiger partial charge in [-0.25, -0.2) is 10.9 Å². The lowest BCUT2D eigenvalue weighted by atomic mass is 9.97. The molecule has 0 fully saturated rings. The van der Waals surface area contributed by atoms with Crippen LogP contribution >= 0.6 is 0 Å². The molecule has 0 radical (unpaired) electrons. The molecule has 1 aliphatic heterocycles. The van der Waals surface area contributed by atoms with Crippen LogP contribution in [0.5, 0.6) is 0 Å². The highest BCUT2D eigenvalue weighted by Gasteiger charge is 2.33. The molecule has 1 aliphatic rings. The smallest absolute Gasteiger partial charge is 0.267 e. The summed E-state index contributed by atoms with van der Waals surface area (Å²) in [6.07, 6.45) is 0. The Morgan fingerprint density at radius 1 is 1.05 bits per heavy atom. The van der Waals surface area contributed by atoms with E-state index in [0.29, 0.717) is 21.7 Å². The van der Waals surface area contributed by atoms with Crippen LogP contribution in [0.1, 0.15) is 60.9 Å². The number of carbonyl (C=O) groups excluding carboxylic acids is 2. The first-order chi connectivity index (χ1) is 9.29. The molecular weight excluding hydrogens is 252 g/mol. The van der Waals surface area contributed by atoms with Crippen LogP contribution in [-0.4, -0.2) is 16.8 Å². The Morgan fingerprint density at radius 3 is 2.15 bits per heavy atom. The Morgan fingerprint density at radius 2 is 1.60 bits per heavy atom. The van der Waals surface area contributed by atoms with Crippen molar-refractivity contribution in [2.75, 3.05) is 0 Å². The summed E-state index contributed by atoms with van der Waals surface area (Å²) >= 11 is 0. The maximum atomic E-state index is 11.7. The van der Waals surface area contributed by atoms with Crippen molar-refractivity contribution in [2.45, 2.75) is 34.6 Å². The predicted octanol–water partition coefficient (Wildman–Crippen LogP) is 2.58. The monoisotopic (exact) mass is 272 g/mol. The molecule has 20 heavy (non-hydrogen) atoms. The average molecular weight is 272 g/mol. The van der Waals surface area contributed by atoms with Crippen LogP contribution in [0, 0.1) is 17.3 Å². The van der Waals surface area contributed by atoms with Gasteiger partial charge in [0.1, 0.15) is 0 Å². The molecule has 0 spiro atoms. The summed E-state index contributed by atoms with van der Waals surface area (Å²) in [7, 11) is 0. The lowest BCUT2D eigenvalue weighted by Gasteiger charge is -2.06. The first-order valence-corrected chi connectivity index (χ1v) is 6.60. The van der Waals surface area contributed by atoms with Gasteiger partial charge in [0.05, 0.1) is 11.1 Å². The van der Waals surface area contributed by atoms with Crippen LogP contribution in [0.25, 0.3) is 0 Å². The van der Waals surface area contributed by atoms with Crippen molar-refractivity contribution in [3.8, 4) is 11.8 Å². The van der Waals surface area contributed by atoms with Gasteiger partial charge in [0, 0.05) is 11.0 Å². The molecule has 1 aromatic carbocycles. The van der Waals surface area contributed by atoms with E-state index in [-0.39, 0.29) is 5.41 Å². The number of hydrazine groups is 1. The second-order valence-electron chi connectivity index (χ2n) is 5.24. The molecule has 0 aliphatic carbocycles. The molecule has 2 rings (SSSR count). The highest BCUT2D eigenvalue weighted by atomic mass is 16.2. The summed E-state index contributed by atoms with van der Waals surface area (Å²) in [5.74, 6) is 10.5. The van der Waals surface area contributed by atoms with Crippen LogP contribution < -0.4 is 5.84 Å². The number of hydrogen-bond donors (Lipinski definition) is 1. The van der Waals surface area contributed by atoms with Gasteiger partial charge in [0.15, 0.2) is 0 Å². The molecular formula is C16H20N2O2. The van der Waals surface area contributed by atoms with Crippen LogP contribution in [0.4, 0.5) is 0 Å². The lowest BCUT2D eigenvalue weighted by Crippen LogP contribution is -2.36. The van der Waals surface area contributed by atoms with E-state index in [0.717, 1.165) is 0 Å². The molecule has 1 aromatic rings. The van der Waals surface area contributed by atoms with Crippen molar-refractivity contribution in [2.24, 2.45) is 11.3 Å². The molecule has 4 heteroatoms. The second kappa shape index (κ2) is 5.89. The number of rotatable bonds is 0. The Kier molecular flexibility index (Phi) is 4.69. The second-order valence-corrected chi connectivity index (χ2v) is 5.24. The minimum Gasteiger partial charge on any atom is -0.267 e. The Hall–Kier alpha value is -2.12. The van der Waals surface area contributed by atoms with Gasteiger partial charge in [-0.1, -0.05) is 25.7 Å². The molecule has 106 valence electrons. The minimum atomic E-state index is -0.477. The summed E-state index contributed by atoms with van der Waals surface area (Å²) in [4.78, 5) is 23.3. The van der Waals surface area contributed by atoms with Gasteiger partial charge in [-0.15, -0.1) is 0 Å². The maximum Gasteiger partial charge on any atom is 0.275 e. The average Bonchev–Trinajstić information content (AvgIpc) is 2.63. The first-order valence-electron chi connectivity index (χ1n) is 6.60. The van der Waals surface area contributed by atoms with E-state index in [4.69, 9.17) is 5.84 Å². The maximum absolute atomic E-state index is 11.7. The zero-order valence-electron chi connectivity index (χ0n) is 12.6. The van der Waals surface area contributed by atoms with Crippen molar-refractivity contribution in [1.29, 1.82) is 0 Å². The number of nitrogens with two attached hydrogens (primary N) is 1. The van der Waals surface area contributed by atoms with Gasteiger partial charge in [0.25, 0.3) is 11.8 Å². The quantitative estimate of drug-likeness (QED) is 0.342. The molecule has 0 aromatic heterocycles. The third-order valence-electron chi connectivity index (χ3n) is 2.50. The molecule has 0 atom stereocenters. The lowest BCUT2D eigenvalue weighted by molar-refractivity contribution is 0.0654. The van der Waals surface area contributed by atoms with Gasteiger partial charge in [0.2, 0.25) is 0 Å². The molecule has 1 heterocycles. The fourth-order valence-electron chi connectivity index (χ4n) is 1.60. The SMILES string of the molecule is CC.CC(C)(C)C#Cc1ccc2c(c1)C(=O)N(N)C2=O. The molecule has 0 unspecified atom stereocenters. The highest BCUT2D eigenvalue weighted by Crippen LogP contribution is 2.21. The number of benzene rings is 1. The number of fused-ring (bicyclic) bond motifs is 1. The van der Waals surface area contributed by atoms with E-state index in [9.17, 15) is 9.59 Å². The van der Waals surface area contributed by atoms with Crippen LogP contribution in [0.15, 0.2) is 18.2 Å². The van der Waals surface area contributed by atoms with Gasteiger partial charge in [-0.3, -0.25) is 9.59 Å². The topological polar surface area (TPSA) is 63.4 Å². The third kappa shape index (κ3) is 3.25. The highest BCUT2D eigenvalue weighted by molar-refractivity contribution is 6.21. The van der Waals surface area contributed by atoms with Crippen LogP contribution in [0.2, 0.25) is 0 Å². The Labute approximate surface area is 119 Å². The summed E-state index contributed by atoms with van der Waals surface area (Å²) in [5, 5.41) is 0.631. The van der Waals surface area contributed by atoms with Crippen LogP contribution in [-0.2, 0) is 0 Å². The summed E-state index contributed by atoms with van der Waals surface area (Å²) < 4.78 is 0. The normalized spacial score (nSPS) is 13.2. The number of imide groups is 1. The summed E-state index contributed by atoms with van der Waals surface area (Å²) in [6.45, 7) is 10.0. The van der Waals surface area contributed by atoms with Gasteiger partial charge >= 0.3 is 0 Å². The van der Waals surface area contributed by atoms with Gasteiger partial charge in [-0.2, -0.15) is 0 Å². The summed E-state index contributed by atoms with van der Waals surface area (Å²) in [5.41, 5.74) is 1.26. The Bertz CT molecular complexity index is 601. The van der Waals surface area contributed by atoms with E-state index in [1.807, 2.05) is 34.6 Å². The van der Waals surface area contributed by atoms with Crippen molar-refractivity contribution in [3.05, 3.63) is 34.9 Å². The fraction of sp³-hybridized carbons (Fsp3) is 0.375. The van der Waals surface area contributed by atoms with Crippen molar-refractivity contribution >= 4 is 11.8 Å². The summed E-state index contributed by atoms with van der Waals surface area (Å²) in [6, 6.07) is 4.93. The van der Waals surface area contributed by atoms with Gasteiger partial charge in [-0.05, 0) is 39.0 Å². The van der Waals surface area contributed by atoms with E-state index in [1.54, 1.807) is 18.2 Å². The third-order valence-corrected chi connectivity index (χ3v) is 2.50. The van der Waals surface area contributed by atoms with E-state index < -0.39 is 11.8 Å². The van der Waals surface area contributed by atoms with E-state index in [1.165, 1.54) is 0 Å². The molecule has 0 saturated heterocycles. The molecule has 4 nitrogen and oxygen atoms in total. The van der Waals surface area contributed by atoms with Gasteiger partial charge < -0.3 is 0 Å². The van der Waals surface area contributed by atoms with Crippen LogP contribution in [0.3, 0.4) is 0 Å². The number of nitrogens with zero attached hydrogens (tertiary/aromatic N) is 1. The number of carbonyl (C=O) groups is 2. The van der Waals surface area contributed by atoms with E-state index in [2.05, 4.69) is 11.8 Å². The van der Waals surface area contributed by atoms with Crippen molar-refractivity contribution in [3.63, 3.8) is 0 Å². The molecule has 2 amide bonds.